The maximum absolute atomic E-state index is 12.4. The van der Waals surface area contributed by atoms with Crippen LogP contribution in [0.5, 0.6) is 28.7 Å². The monoisotopic (exact) mass is 582 g/mol. The first-order valence-electron chi connectivity index (χ1n) is 12.5. The summed E-state index contributed by atoms with van der Waals surface area (Å²) in [5.41, 5.74) is 7.83. The normalized spacial score (nSPS) is 14.2. The van der Waals surface area contributed by atoms with Crippen molar-refractivity contribution in [3.8, 4) is 34.8 Å². The van der Waals surface area contributed by atoms with E-state index >= 15 is 0 Å². The van der Waals surface area contributed by atoms with Crippen molar-refractivity contribution in [1.82, 2.24) is 0 Å². The topological polar surface area (TPSA) is 113 Å². The number of fused-ring (bicyclic) bond motifs is 1. The van der Waals surface area contributed by atoms with E-state index in [0.29, 0.717) is 46.1 Å². The van der Waals surface area contributed by atoms with Gasteiger partial charge in [-0.15, -0.1) is 0 Å². The molecule has 4 rings (SSSR count). The molecular weight excluding hydrogens is 555 g/mol. The smallest absolute Gasteiger partial charge is 0.349 e. The number of allylic oxidation sites excluding steroid dienone is 1. The van der Waals surface area contributed by atoms with Gasteiger partial charge >= 0.3 is 5.97 Å². The van der Waals surface area contributed by atoms with Crippen LogP contribution in [-0.2, 0) is 4.79 Å². The van der Waals surface area contributed by atoms with Gasteiger partial charge in [0.05, 0.1) is 24.7 Å². The van der Waals surface area contributed by atoms with Crippen LogP contribution >= 0.6 is 23.2 Å². The third kappa shape index (κ3) is 6.74. The standard InChI is InChI=1S/C30H28Cl2N2O6/c1-17(2)10-11-37-25-8-4-18(12-27(25)36-3)29-21-7-6-20(14-26(21)40-30(34)22(29)15-33)39-28(35)16-38-24-9-5-19(31)13-23(24)32/h4-9,12-14,17,29H,10-11,16,34H2,1-3H3. The molecule has 1 aliphatic heterocycles. The van der Waals surface area contributed by atoms with Gasteiger partial charge in [-0.2, -0.15) is 5.26 Å². The highest BCUT2D eigenvalue weighted by Gasteiger charge is 2.32. The van der Waals surface area contributed by atoms with Crippen LogP contribution in [0.25, 0.3) is 0 Å². The molecule has 8 nitrogen and oxygen atoms in total. The van der Waals surface area contributed by atoms with E-state index < -0.39 is 11.9 Å². The lowest BCUT2D eigenvalue weighted by Gasteiger charge is -2.27. The quantitative estimate of drug-likeness (QED) is 0.209. The van der Waals surface area contributed by atoms with Crippen LogP contribution in [0.2, 0.25) is 10.0 Å². The van der Waals surface area contributed by atoms with Crippen LogP contribution in [0, 0.1) is 17.2 Å². The second-order valence-corrected chi connectivity index (χ2v) is 10.2. The number of halogens is 2. The highest BCUT2D eigenvalue weighted by molar-refractivity contribution is 6.35. The minimum absolute atomic E-state index is 0.0413. The summed E-state index contributed by atoms with van der Waals surface area (Å²) in [4.78, 5) is 12.4. The summed E-state index contributed by atoms with van der Waals surface area (Å²) in [6.45, 7) is 4.44. The van der Waals surface area contributed by atoms with E-state index in [1.807, 2.05) is 18.2 Å². The van der Waals surface area contributed by atoms with Crippen LogP contribution in [0.4, 0.5) is 0 Å². The first-order chi connectivity index (χ1) is 19.2. The Kier molecular flexibility index (Phi) is 9.30. The first kappa shape index (κ1) is 28.9. The second-order valence-electron chi connectivity index (χ2n) is 9.40. The number of carbonyl (C=O) groups is 1. The van der Waals surface area contributed by atoms with Crippen LogP contribution < -0.4 is 29.4 Å². The third-order valence-electron chi connectivity index (χ3n) is 6.14. The molecule has 1 atom stereocenters. The summed E-state index contributed by atoms with van der Waals surface area (Å²) in [7, 11) is 1.56. The molecule has 10 heteroatoms. The average molecular weight is 583 g/mol. The summed E-state index contributed by atoms with van der Waals surface area (Å²) in [5.74, 6) is 1.29. The Labute approximate surface area is 242 Å². The Morgan fingerprint density at radius 3 is 2.52 bits per heavy atom. The van der Waals surface area contributed by atoms with E-state index in [2.05, 4.69) is 19.9 Å². The molecule has 0 aliphatic carbocycles. The van der Waals surface area contributed by atoms with Crippen LogP contribution in [0.15, 0.2) is 66.1 Å². The van der Waals surface area contributed by atoms with Gasteiger partial charge in [-0.1, -0.05) is 49.2 Å². The SMILES string of the molecule is COc1cc(C2C(C#N)=C(N)Oc3cc(OC(=O)COc4ccc(Cl)cc4Cl)ccc32)ccc1OCCC(C)C. The van der Waals surface area contributed by atoms with Crippen LogP contribution in [0.1, 0.15) is 37.3 Å². The fourth-order valence-corrected chi connectivity index (χ4v) is 4.58. The van der Waals surface area contributed by atoms with Crippen molar-refractivity contribution in [2.24, 2.45) is 11.7 Å². The number of nitriles is 1. The van der Waals surface area contributed by atoms with Crippen molar-refractivity contribution in [1.29, 1.82) is 5.26 Å². The summed E-state index contributed by atoms with van der Waals surface area (Å²) < 4.78 is 28.1. The summed E-state index contributed by atoms with van der Waals surface area (Å²) in [6.07, 6.45) is 0.907. The molecule has 40 heavy (non-hydrogen) atoms. The molecule has 0 radical (unpaired) electrons. The average Bonchev–Trinajstić information content (AvgIpc) is 2.91. The Morgan fingerprint density at radius 1 is 1.05 bits per heavy atom. The zero-order valence-electron chi connectivity index (χ0n) is 22.2. The van der Waals surface area contributed by atoms with E-state index in [9.17, 15) is 10.1 Å². The molecule has 0 spiro atoms. The molecule has 208 valence electrons. The van der Waals surface area contributed by atoms with Gasteiger partial charge in [-0.3, -0.25) is 0 Å². The molecule has 1 heterocycles. The number of esters is 1. The Bertz CT molecular complexity index is 1480. The first-order valence-corrected chi connectivity index (χ1v) is 13.3. The number of carbonyl (C=O) groups excluding carboxylic acids is 1. The minimum Gasteiger partial charge on any atom is -0.493 e. The highest BCUT2D eigenvalue weighted by atomic mass is 35.5. The van der Waals surface area contributed by atoms with Gasteiger partial charge < -0.3 is 29.4 Å². The number of ether oxygens (including phenoxy) is 5. The van der Waals surface area contributed by atoms with Crippen molar-refractivity contribution in [2.45, 2.75) is 26.2 Å². The Morgan fingerprint density at radius 2 is 1.82 bits per heavy atom. The maximum Gasteiger partial charge on any atom is 0.349 e. The van der Waals surface area contributed by atoms with Crippen molar-refractivity contribution < 1.29 is 28.5 Å². The lowest BCUT2D eigenvalue weighted by Crippen LogP contribution is -2.22. The number of hydrogen-bond donors (Lipinski definition) is 1. The van der Waals surface area contributed by atoms with Crippen molar-refractivity contribution in [3.63, 3.8) is 0 Å². The number of rotatable bonds is 10. The number of benzene rings is 3. The molecule has 2 N–H and O–H groups in total. The lowest BCUT2D eigenvalue weighted by atomic mass is 9.83. The van der Waals surface area contributed by atoms with Crippen LogP contribution in [-0.4, -0.2) is 26.3 Å². The molecule has 0 bridgehead atoms. The molecule has 1 unspecified atom stereocenters. The highest BCUT2D eigenvalue weighted by Crippen LogP contribution is 2.45. The van der Waals surface area contributed by atoms with Gasteiger partial charge in [0, 0.05) is 16.7 Å². The van der Waals surface area contributed by atoms with Crippen molar-refractivity contribution in [2.75, 3.05) is 20.3 Å². The molecule has 3 aromatic carbocycles. The zero-order chi connectivity index (χ0) is 28.8. The maximum atomic E-state index is 12.4. The van der Waals surface area contributed by atoms with Gasteiger partial charge in [0.15, 0.2) is 18.1 Å². The molecule has 1 aliphatic rings. The fraction of sp³-hybridized carbons (Fsp3) is 0.267. The molecular formula is C30H28Cl2N2O6. The second kappa shape index (κ2) is 12.9. The van der Waals surface area contributed by atoms with Crippen molar-refractivity contribution in [3.05, 3.63) is 87.2 Å². The molecule has 3 aromatic rings. The van der Waals surface area contributed by atoms with E-state index in [4.69, 9.17) is 52.6 Å². The minimum atomic E-state index is -0.655. The molecule has 0 fully saturated rings. The van der Waals surface area contributed by atoms with E-state index in [-0.39, 0.29) is 28.8 Å². The van der Waals surface area contributed by atoms with Gasteiger partial charge in [-0.05, 0) is 54.3 Å². The number of nitrogens with two attached hydrogens (primary N) is 1. The van der Waals surface area contributed by atoms with Gasteiger partial charge in [0.25, 0.3) is 0 Å². The van der Waals surface area contributed by atoms with E-state index in [1.165, 1.54) is 12.1 Å². The van der Waals surface area contributed by atoms with Gasteiger partial charge in [0.1, 0.15) is 28.9 Å². The van der Waals surface area contributed by atoms with E-state index in [0.717, 1.165) is 12.0 Å². The fourth-order valence-electron chi connectivity index (χ4n) is 4.12. The number of methoxy groups -OCH3 is 1. The largest absolute Gasteiger partial charge is 0.493 e. The molecule has 0 saturated heterocycles. The summed E-state index contributed by atoms with van der Waals surface area (Å²) >= 11 is 12.0. The third-order valence-corrected chi connectivity index (χ3v) is 6.67. The predicted octanol–water partition coefficient (Wildman–Crippen LogP) is 6.63. The van der Waals surface area contributed by atoms with Gasteiger partial charge in [-0.25, -0.2) is 4.79 Å². The molecule has 0 saturated carbocycles. The summed E-state index contributed by atoms with van der Waals surface area (Å²) in [5, 5.41) is 10.6. The van der Waals surface area contributed by atoms with Crippen LogP contribution in [0.3, 0.4) is 0 Å². The zero-order valence-corrected chi connectivity index (χ0v) is 23.7. The lowest BCUT2D eigenvalue weighted by molar-refractivity contribution is -0.136. The molecule has 0 amide bonds. The number of hydrogen-bond acceptors (Lipinski definition) is 8. The molecule has 0 aromatic heterocycles. The van der Waals surface area contributed by atoms with E-state index in [1.54, 1.807) is 31.4 Å². The van der Waals surface area contributed by atoms with Crippen molar-refractivity contribution >= 4 is 29.2 Å². The summed E-state index contributed by atoms with van der Waals surface area (Å²) in [6, 6.07) is 17.2. The Balaban J connectivity index is 1.55. The Hall–Kier alpha value is -4.06. The number of nitrogens with zero attached hydrogens (tertiary/aromatic N) is 1. The predicted molar refractivity (Wildman–Crippen MR) is 151 cm³/mol. The van der Waals surface area contributed by atoms with Gasteiger partial charge in [0.2, 0.25) is 5.88 Å².